The topological polar surface area (TPSA) is 74.7 Å². The molecule has 0 aliphatic carbocycles. The van der Waals surface area contributed by atoms with Crippen molar-refractivity contribution in [3.8, 4) is 0 Å². The van der Waals surface area contributed by atoms with Crippen LogP contribution in [0.15, 0.2) is 4.90 Å². The van der Waals surface area contributed by atoms with E-state index in [2.05, 4.69) is 24.1 Å². The maximum atomic E-state index is 13.3. The maximum Gasteiger partial charge on any atom is 0.268 e. The van der Waals surface area contributed by atoms with Crippen molar-refractivity contribution in [3.05, 3.63) is 17.0 Å². The van der Waals surface area contributed by atoms with Crippen LogP contribution in [-0.4, -0.2) is 66.9 Å². The van der Waals surface area contributed by atoms with Crippen LogP contribution in [0.2, 0.25) is 0 Å². The lowest BCUT2D eigenvalue weighted by atomic mass is 10.0. The third kappa shape index (κ3) is 4.25. The summed E-state index contributed by atoms with van der Waals surface area (Å²) in [5.41, 5.74) is 1.63. The molecule has 2 aliphatic heterocycles. The van der Waals surface area contributed by atoms with Gasteiger partial charge in [0, 0.05) is 44.0 Å². The first-order valence-corrected chi connectivity index (χ1v) is 12.3. The molecule has 0 radical (unpaired) electrons. The summed E-state index contributed by atoms with van der Waals surface area (Å²) < 4.78 is 30.0. The molecule has 3 rings (SSSR count). The second kappa shape index (κ2) is 8.78. The van der Waals surface area contributed by atoms with Gasteiger partial charge in [-0.3, -0.25) is 9.69 Å². The number of likely N-dealkylation sites (N-methyl/N-ethyl adjacent to an activating group) is 1. The lowest BCUT2D eigenvalue weighted by Gasteiger charge is -2.29. The molecule has 1 aromatic heterocycles. The van der Waals surface area contributed by atoms with Crippen LogP contribution in [0.25, 0.3) is 0 Å². The summed E-state index contributed by atoms with van der Waals surface area (Å²) in [5, 5.41) is 3.05. The number of aromatic nitrogens is 1. The number of amides is 1. The molecule has 2 saturated heterocycles. The van der Waals surface area contributed by atoms with E-state index >= 15 is 0 Å². The lowest BCUT2D eigenvalue weighted by molar-refractivity contribution is 0.0932. The molecule has 7 nitrogen and oxygen atoms in total. The van der Waals surface area contributed by atoms with Crippen LogP contribution in [-0.2, 0) is 17.1 Å². The summed E-state index contributed by atoms with van der Waals surface area (Å²) in [5.74, 6) is 0.365. The minimum Gasteiger partial charge on any atom is -0.349 e. The highest BCUT2D eigenvalue weighted by Crippen LogP contribution is 2.31. The molecule has 0 aromatic carbocycles. The predicted octanol–water partition coefficient (Wildman–Crippen LogP) is 2.28. The van der Waals surface area contributed by atoms with Crippen molar-refractivity contribution in [1.82, 2.24) is 19.1 Å². The Labute approximate surface area is 175 Å². The van der Waals surface area contributed by atoms with Crippen LogP contribution in [0.5, 0.6) is 0 Å². The minimum absolute atomic E-state index is 0.190. The van der Waals surface area contributed by atoms with Crippen molar-refractivity contribution in [2.45, 2.75) is 64.3 Å². The third-order valence-electron chi connectivity index (χ3n) is 6.82. The van der Waals surface area contributed by atoms with Crippen molar-refractivity contribution in [1.29, 1.82) is 0 Å². The molecule has 1 atom stereocenters. The van der Waals surface area contributed by atoms with E-state index < -0.39 is 10.0 Å². The second-order valence-corrected chi connectivity index (χ2v) is 10.5. The number of nitrogens with zero attached hydrogens (tertiary/aromatic N) is 3. The molecule has 0 spiro atoms. The Balaban J connectivity index is 1.82. The molecule has 29 heavy (non-hydrogen) atoms. The van der Waals surface area contributed by atoms with E-state index in [1.54, 1.807) is 29.8 Å². The lowest BCUT2D eigenvalue weighted by Crippen LogP contribution is -2.40. The molecule has 164 valence electrons. The van der Waals surface area contributed by atoms with Crippen molar-refractivity contribution in [2.24, 2.45) is 13.0 Å². The summed E-state index contributed by atoms with van der Waals surface area (Å²) >= 11 is 0. The van der Waals surface area contributed by atoms with E-state index in [1.807, 2.05) is 0 Å². The number of hydrogen-bond acceptors (Lipinski definition) is 4. The maximum absolute atomic E-state index is 13.3. The zero-order valence-corrected chi connectivity index (χ0v) is 19.3. The van der Waals surface area contributed by atoms with Crippen LogP contribution in [0.4, 0.5) is 0 Å². The highest BCUT2D eigenvalue weighted by atomic mass is 32.2. The molecule has 0 saturated carbocycles. The van der Waals surface area contributed by atoms with Gasteiger partial charge in [-0.2, -0.15) is 4.31 Å². The summed E-state index contributed by atoms with van der Waals surface area (Å²) in [7, 11) is -1.82. The largest absolute Gasteiger partial charge is 0.349 e. The molecule has 1 aromatic rings. The first-order chi connectivity index (χ1) is 13.7. The van der Waals surface area contributed by atoms with E-state index in [1.165, 1.54) is 0 Å². The number of rotatable bonds is 6. The summed E-state index contributed by atoms with van der Waals surface area (Å²) in [6, 6.07) is 0.365. The first-order valence-electron chi connectivity index (χ1n) is 10.9. The highest BCUT2D eigenvalue weighted by Gasteiger charge is 2.35. The van der Waals surface area contributed by atoms with Crippen LogP contribution in [0, 0.1) is 19.8 Å². The number of nitrogens with one attached hydrogen (secondary N) is 1. The fourth-order valence-corrected chi connectivity index (χ4v) is 6.79. The van der Waals surface area contributed by atoms with E-state index in [4.69, 9.17) is 0 Å². The Morgan fingerprint density at radius 3 is 2.41 bits per heavy atom. The number of carbonyl (C=O) groups excluding carboxylic acids is 1. The van der Waals surface area contributed by atoms with Gasteiger partial charge in [0.15, 0.2) is 0 Å². The van der Waals surface area contributed by atoms with Crippen molar-refractivity contribution < 1.29 is 13.2 Å². The van der Waals surface area contributed by atoms with Gasteiger partial charge in [-0.1, -0.05) is 13.8 Å². The summed E-state index contributed by atoms with van der Waals surface area (Å²) in [4.78, 5) is 15.7. The Kier molecular flexibility index (Phi) is 6.75. The molecule has 8 heteroatoms. The fourth-order valence-electron chi connectivity index (χ4n) is 4.84. The van der Waals surface area contributed by atoms with Crippen molar-refractivity contribution >= 4 is 15.9 Å². The number of hydrogen-bond donors (Lipinski definition) is 1. The third-order valence-corrected chi connectivity index (χ3v) is 8.98. The molecule has 1 unspecified atom stereocenters. The average molecular weight is 425 g/mol. The standard InChI is InChI=1S/C21H36N4O3S/c1-6-24-11-7-8-18(24)14-22-21(26)19-16(3)20(17(4)23(19)5)29(27,28)25-12-9-15(2)10-13-25/h15,18H,6-14H2,1-5H3,(H,22,26). The number of sulfonamides is 1. The van der Waals surface area contributed by atoms with Gasteiger partial charge in [0.1, 0.15) is 10.6 Å². The zero-order chi connectivity index (χ0) is 21.3. The van der Waals surface area contributed by atoms with Gasteiger partial charge in [0.2, 0.25) is 10.0 Å². The van der Waals surface area contributed by atoms with Crippen LogP contribution >= 0.6 is 0 Å². The van der Waals surface area contributed by atoms with Gasteiger partial charge < -0.3 is 9.88 Å². The molecule has 3 heterocycles. The van der Waals surface area contributed by atoms with E-state index in [9.17, 15) is 13.2 Å². The number of piperidine rings is 1. The van der Waals surface area contributed by atoms with E-state index in [0.717, 1.165) is 38.8 Å². The van der Waals surface area contributed by atoms with E-state index in [-0.39, 0.29) is 5.91 Å². The Bertz CT molecular complexity index is 854. The molecule has 0 bridgehead atoms. The predicted molar refractivity (Wildman–Crippen MR) is 115 cm³/mol. The van der Waals surface area contributed by atoms with Crippen LogP contribution < -0.4 is 5.32 Å². The van der Waals surface area contributed by atoms with Gasteiger partial charge in [-0.05, 0) is 58.5 Å². The van der Waals surface area contributed by atoms with Crippen LogP contribution in [0.1, 0.15) is 61.3 Å². The summed E-state index contributed by atoms with van der Waals surface area (Å²) in [6.45, 7) is 11.6. The Hall–Kier alpha value is -1.38. The minimum atomic E-state index is -3.60. The Morgan fingerprint density at radius 1 is 1.14 bits per heavy atom. The van der Waals surface area contributed by atoms with Crippen LogP contribution in [0.3, 0.4) is 0 Å². The number of likely N-dealkylation sites (tertiary alicyclic amines) is 1. The fraction of sp³-hybridized carbons (Fsp3) is 0.762. The first kappa shape index (κ1) is 22.3. The van der Waals surface area contributed by atoms with Gasteiger partial charge in [0.05, 0.1) is 0 Å². The van der Waals surface area contributed by atoms with Gasteiger partial charge >= 0.3 is 0 Å². The van der Waals surface area contributed by atoms with Gasteiger partial charge in [0.25, 0.3) is 5.91 Å². The average Bonchev–Trinajstić information content (AvgIpc) is 3.22. The second-order valence-electron chi connectivity index (χ2n) is 8.67. The zero-order valence-electron chi connectivity index (χ0n) is 18.5. The molecule has 1 amide bonds. The molecular weight excluding hydrogens is 388 g/mol. The summed E-state index contributed by atoms with van der Waals surface area (Å²) in [6.07, 6.45) is 4.01. The number of carbonyl (C=O) groups is 1. The normalized spacial score (nSPS) is 22.3. The molecular formula is C21H36N4O3S. The molecule has 2 aliphatic rings. The van der Waals surface area contributed by atoms with Crippen molar-refractivity contribution in [2.75, 3.05) is 32.7 Å². The van der Waals surface area contributed by atoms with Crippen molar-refractivity contribution in [3.63, 3.8) is 0 Å². The quantitative estimate of drug-likeness (QED) is 0.760. The van der Waals surface area contributed by atoms with Gasteiger partial charge in [-0.25, -0.2) is 8.42 Å². The highest BCUT2D eigenvalue weighted by molar-refractivity contribution is 7.89. The van der Waals surface area contributed by atoms with E-state index in [0.29, 0.717) is 53.4 Å². The SMILES string of the molecule is CCN1CCCC1CNC(=O)c1c(C)c(S(=O)(=O)N2CCC(C)CC2)c(C)n1C. The monoisotopic (exact) mass is 424 g/mol. The smallest absolute Gasteiger partial charge is 0.268 e. The van der Waals surface area contributed by atoms with Gasteiger partial charge in [-0.15, -0.1) is 0 Å². The molecule has 1 N–H and O–H groups in total. The molecule has 2 fully saturated rings. The Morgan fingerprint density at radius 2 is 1.79 bits per heavy atom.